The normalized spacial score (nSPS) is 14.2. The molecule has 0 aliphatic carbocycles. The first-order chi connectivity index (χ1) is 26.4. The molecule has 11 heteroatoms. The van der Waals surface area contributed by atoms with E-state index in [9.17, 15) is 19.2 Å². The molecule has 1 aliphatic rings. The maximum atomic E-state index is 14.2. The number of anilines is 1. The van der Waals surface area contributed by atoms with E-state index in [1.807, 2.05) is 121 Å². The average Bonchev–Trinajstić information content (AvgIpc) is 3.90. The Morgan fingerprint density at radius 3 is 2.20 bits per heavy atom. The van der Waals surface area contributed by atoms with Gasteiger partial charge in [0.1, 0.15) is 18.5 Å². The summed E-state index contributed by atoms with van der Waals surface area (Å²) in [6, 6.07) is 33.5. The minimum absolute atomic E-state index is 0.0125. The second-order valence-electron chi connectivity index (χ2n) is 13.3. The van der Waals surface area contributed by atoms with E-state index in [0.717, 1.165) is 52.9 Å². The molecule has 54 heavy (non-hydrogen) atoms. The predicted molar refractivity (Wildman–Crippen MR) is 208 cm³/mol. The zero-order valence-electron chi connectivity index (χ0n) is 30.4. The van der Waals surface area contributed by atoms with Crippen LogP contribution in [0.1, 0.15) is 74.5 Å². The highest BCUT2D eigenvalue weighted by atomic mass is 16.5. The van der Waals surface area contributed by atoms with Gasteiger partial charge in [0, 0.05) is 31.6 Å². The fourth-order valence-corrected chi connectivity index (χ4v) is 6.55. The fraction of sp³-hybridized carbons (Fsp3) is 0.279. The van der Waals surface area contributed by atoms with Gasteiger partial charge in [-0.15, -0.1) is 0 Å². The number of aromatic nitrogens is 2. The second kappa shape index (κ2) is 18.5. The molecule has 6 rings (SSSR count). The van der Waals surface area contributed by atoms with Crippen LogP contribution in [0.5, 0.6) is 0 Å². The molecule has 5 aromatic rings. The van der Waals surface area contributed by atoms with Crippen LogP contribution in [-0.4, -0.2) is 51.8 Å². The van der Waals surface area contributed by atoms with E-state index >= 15 is 0 Å². The molecule has 11 nitrogen and oxygen atoms in total. The highest BCUT2D eigenvalue weighted by Gasteiger charge is 2.36. The molecule has 278 valence electrons. The van der Waals surface area contributed by atoms with Gasteiger partial charge in [0.2, 0.25) is 17.7 Å². The molecular weight excluding hydrogens is 681 g/mol. The van der Waals surface area contributed by atoms with Crippen LogP contribution in [0.25, 0.3) is 22.4 Å². The Morgan fingerprint density at radius 2 is 1.50 bits per heavy atom. The molecule has 0 saturated carbocycles. The van der Waals surface area contributed by atoms with E-state index in [4.69, 9.17) is 9.72 Å². The number of imidazole rings is 1. The maximum absolute atomic E-state index is 14.2. The van der Waals surface area contributed by atoms with Crippen LogP contribution in [0.4, 0.5) is 10.5 Å². The third-order valence-electron chi connectivity index (χ3n) is 9.37. The minimum atomic E-state index is -0.869. The van der Waals surface area contributed by atoms with E-state index in [0.29, 0.717) is 30.8 Å². The van der Waals surface area contributed by atoms with Crippen molar-refractivity contribution in [1.29, 1.82) is 0 Å². The summed E-state index contributed by atoms with van der Waals surface area (Å²) < 4.78 is 5.24. The molecular formula is C43H46N6O5. The van der Waals surface area contributed by atoms with Gasteiger partial charge in [-0.05, 0) is 65.6 Å². The summed E-state index contributed by atoms with van der Waals surface area (Å²) in [7, 11) is 0. The van der Waals surface area contributed by atoms with Crippen molar-refractivity contribution >= 4 is 29.5 Å². The zero-order chi connectivity index (χ0) is 37.7. The molecule has 1 saturated heterocycles. The summed E-state index contributed by atoms with van der Waals surface area (Å²) in [4.78, 5) is 61.4. The number of alkyl carbamates (subject to hydrolysis) is 1. The Balaban J connectivity index is 1.05. The van der Waals surface area contributed by atoms with Crippen LogP contribution in [0.2, 0.25) is 0 Å². The monoisotopic (exact) mass is 726 g/mol. The number of nitrogens with one attached hydrogen (secondary N) is 4. The van der Waals surface area contributed by atoms with Crippen molar-refractivity contribution in [2.24, 2.45) is 0 Å². The molecule has 2 atom stereocenters. The zero-order valence-corrected chi connectivity index (χ0v) is 30.4. The number of likely N-dealkylation sites (tertiary alicyclic amines) is 1. The lowest BCUT2D eigenvalue weighted by molar-refractivity contribution is -0.137. The number of carbonyl (C=O) groups is 4. The summed E-state index contributed by atoms with van der Waals surface area (Å²) in [5.74, 6) is 0.228. The molecule has 0 radical (unpaired) electrons. The molecule has 0 unspecified atom stereocenters. The first kappa shape index (κ1) is 37.5. The van der Waals surface area contributed by atoms with Crippen molar-refractivity contribution in [3.8, 4) is 22.4 Å². The van der Waals surface area contributed by atoms with Gasteiger partial charge < -0.3 is 30.6 Å². The molecule has 2 heterocycles. The Kier molecular flexibility index (Phi) is 12.9. The fourth-order valence-electron chi connectivity index (χ4n) is 6.55. The lowest BCUT2D eigenvalue weighted by Crippen LogP contribution is -2.43. The van der Waals surface area contributed by atoms with Crippen molar-refractivity contribution < 1.29 is 23.9 Å². The van der Waals surface area contributed by atoms with E-state index in [1.165, 1.54) is 0 Å². The van der Waals surface area contributed by atoms with E-state index in [2.05, 4.69) is 20.9 Å². The van der Waals surface area contributed by atoms with Crippen LogP contribution in [0.3, 0.4) is 0 Å². The molecule has 0 bridgehead atoms. The summed E-state index contributed by atoms with van der Waals surface area (Å²) in [6.45, 7) is 2.95. The Labute approximate surface area is 315 Å². The van der Waals surface area contributed by atoms with E-state index < -0.39 is 12.1 Å². The average molecular weight is 727 g/mol. The van der Waals surface area contributed by atoms with Crippen molar-refractivity contribution in [2.45, 2.75) is 64.1 Å². The van der Waals surface area contributed by atoms with Crippen molar-refractivity contribution in [3.05, 3.63) is 132 Å². The van der Waals surface area contributed by atoms with E-state index in [1.54, 1.807) is 6.20 Å². The van der Waals surface area contributed by atoms with Gasteiger partial charge in [-0.2, -0.15) is 0 Å². The molecule has 4 N–H and O–H groups in total. The number of hydrogen-bond donors (Lipinski definition) is 4. The number of benzene rings is 4. The molecule has 0 spiro atoms. The van der Waals surface area contributed by atoms with Crippen LogP contribution >= 0.6 is 0 Å². The number of hydrogen-bond acceptors (Lipinski definition) is 6. The predicted octanol–water partition coefficient (Wildman–Crippen LogP) is 7.71. The Hall–Kier alpha value is -6.23. The summed E-state index contributed by atoms with van der Waals surface area (Å²) >= 11 is 0. The second-order valence-corrected chi connectivity index (χ2v) is 13.3. The number of rotatable bonds is 15. The Bertz CT molecular complexity index is 2000. The van der Waals surface area contributed by atoms with Crippen molar-refractivity contribution in [2.75, 3.05) is 18.4 Å². The third kappa shape index (κ3) is 10.0. The molecule has 4 amide bonds. The van der Waals surface area contributed by atoms with Gasteiger partial charge in [-0.25, -0.2) is 9.78 Å². The van der Waals surface area contributed by atoms with Gasteiger partial charge in [-0.1, -0.05) is 104 Å². The standard InChI is InChI=1S/C43H46N6O5/c1-2-11-38(50)46-35-24-22-32(23-25-35)31-18-20-33(21-19-31)36-28-45-41(47-36)37-16-10-27-49(37)42(52)40(34-14-7-4-8-15-34)48-39(51)17-9-26-44-43(53)54-29-30-12-5-3-6-13-30/h3-8,12-15,18-25,28,37,40H,2,9-11,16-17,26-27,29H2,1H3,(H,44,53)(H,45,47)(H,46,50)(H,48,51)/t37-,40+/m0/s1. The number of nitrogens with zero attached hydrogens (tertiary/aromatic N) is 2. The highest BCUT2D eigenvalue weighted by molar-refractivity contribution is 5.91. The Morgan fingerprint density at radius 1 is 0.833 bits per heavy atom. The van der Waals surface area contributed by atoms with Gasteiger partial charge >= 0.3 is 6.09 Å². The molecule has 1 fully saturated rings. The first-order valence-corrected chi connectivity index (χ1v) is 18.5. The van der Waals surface area contributed by atoms with Crippen LogP contribution in [-0.2, 0) is 25.7 Å². The summed E-state index contributed by atoms with van der Waals surface area (Å²) in [5, 5.41) is 8.56. The lowest BCUT2D eigenvalue weighted by Gasteiger charge is -2.28. The molecule has 1 aromatic heterocycles. The molecule has 1 aliphatic heterocycles. The maximum Gasteiger partial charge on any atom is 0.407 e. The number of ether oxygens (including phenoxy) is 1. The topological polar surface area (TPSA) is 146 Å². The largest absolute Gasteiger partial charge is 0.445 e. The number of aromatic amines is 1. The van der Waals surface area contributed by atoms with Crippen LogP contribution in [0, 0.1) is 0 Å². The van der Waals surface area contributed by atoms with Gasteiger partial charge in [0.15, 0.2) is 0 Å². The number of H-pyrrole nitrogens is 1. The smallest absolute Gasteiger partial charge is 0.407 e. The van der Waals surface area contributed by atoms with Crippen LogP contribution in [0.15, 0.2) is 115 Å². The quantitative estimate of drug-likeness (QED) is 0.0814. The highest BCUT2D eigenvalue weighted by Crippen LogP contribution is 2.34. The number of carbonyl (C=O) groups excluding carboxylic acids is 4. The SMILES string of the molecule is CCCC(=O)Nc1ccc(-c2ccc(-c3cnc([C@@H]4CCCN4C(=O)[C@H](NC(=O)CCCNC(=O)OCc4ccccc4)c4ccccc4)[nH]3)cc2)cc1. The van der Waals surface area contributed by atoms with Gasteiger partial charge in [-0.3, -0.25) is 14.4 Å². The van der Waals surface area contributed by atoms with Crippen molar-refractivity contribution in [3.63, 3.8) is 0 Å². The van der Waals surface area contributed by atoms with E-state index in [-0.39, 0.29) is 43.3 Å². The third-order valence-corrected chi connectivity index (χ3v) is 9.37. The minimum Gasteiger partial charge on any atom is -0.445 e. The summed E-state index contributed by atoms with van der Waals surface area (Å²) in [5.41, 5.74) is 6.25. The van der Waals surface area contributed by atoms with Gasteiger partial charge in [0.05, 0.1) is 17.9 Å². The van der Waals surface area contributed by atoms with Crippen molar-refractivity contribution in [1.82, 2.24) is 25.5 Å². The first-order valence-electron chi connectivity index (χ1n) is 18.5. The van der Waals surface area contributed by atoms with Crippen LogP contribution < -0.4 is 16.0 Å². The van der Waals surface area contributed by atoms with Gasteiger partial charge in [0.25, 0.3) is 0 Å². The lowest BCUT2D eigenvalue weighted by atomic mass is 10.0. The summed E-state index contributed by atoms with van der Waals surface area (Å²) in [6.07, 6.45) is 4.61. The molecule has 4 aromatic carbocycles. The number of amides is 4.